The van der Waals surface area contributed by atoms with Gasteiger partial charge in [0.05, 0.1) is 17.1 Å². The summed E-state index contributed by atoms with van der Waals surface area (Å²) < 4.78 is 53.7. The molecule has 0 unspecified atom stereocenters. The van der Waals surface area contributed by atoms with Crippen molar-refractivity contribution in [2.45, 2.75) is 25.2 Å². The molecular weight excluding hydrogens is 578 g/mol. The van der Waals surface area contributed by atoms with Crippen molar-refractivity contribution < 1.29 is 27.5 Å². The summed E-state index contributed by atoms with van der Waals surface area (Å²) in [5.41, 5.74) is -0.143. The van der Waals surface area contributed by atoms with Gasteiger partial charge in [-0.1, -0.05) is 60.1 Å². The second-order valence-corrected chi connectivity index (χ2v) is 9.79. The molecule has 42 heavy (non-hydrogen) atoms. The molecule has 13 heteroatoms. The van der Waals surface area contributed by atoms with Gasteiger partial charge in [-0.05, 0) is 30.2 Å². The molecule has 0 fully saturated rings. The Kier molecular flexibility index (Phi) is 7.90. The topological polar surface area (TPSA) is 123 Å². The predicted molar refractivity (Wildman–Crippen MR) is 148 cm³/mol. The largest absolute Gasteiger partial charge is 0.507 e. The highest BCUT2D eigenvalue weighted by Crippen LogP contribution is 2.33. The second kappa shape index (κ2) is 11.6. The average molecular weight is 600 g/mol. The summed E-state index contributed by atoms with van der Waals surface area (Å²) in [4.78, 5) is 34.7. The summed E-state index contributed by atoms with van der Waals surface area (Å²) in [6, 6.07) is 16.3. The monoisotopic (exact) mass is 599 g/mol. The third-order valence-corrected chi connectivity index (χ3v) is 6.79. The number of fused-ring (bicyclic) bond motifs is 1. The van der Waals surface area contributed by atoms with E-state index in [-0.39, 0.29) is 28.7 Å². The van der Waals surface area contributed by atoms with Gasteiger partial charge in [-0.25, -0.2) is 14.2 Å². The van der Waals surface area contributed by atoms with Crippen molar-refractivity contribution in [1.82, 2.24) is 25.6 Å². The minimum absolute atomic E-state index is 0.138. The van der Waals surface area contributed by atoms with E-state index in [1.54, 1.807) is 18.2 Å². The Bertz CT molecular complexity index is 1820. The van der Waals surface area contributed by atoms with Crippen molar-refractivity contribution in [3.8, 4) is 17.0 Å². The molecule has 0 aliphatic rings. The number of urea groups is 1. The van der Waals surface area contributed by atoms with Crippen molar-refractivity contribution in [1.29, 1.82) is 0 Å². The number of halogens is 5. The fourth-order valence-electron chi connectivity index (χ4n) is 4.49. The summed E-state index contributed by atoms with van der Waals surface area (Å²) in [7, 11) is 0. The van der Waals surface area contributed by atoms with E-state index in [0.717, 1.165) is 23.8 Å². The van der Waals surface area contributed by atoms with Crippen molar-refractivity contribution in [2.24, 2.45) is 0 Å². The SMILES string of the molecule is O=C(NCc1cccc(C(F)(F)F)c1F)N[C@@H](Cc1ccccc1)c1nc(-c2ccc3[nH]c(=O)cc(O)c3c2)c(Cl)[nH]1. The van der Waals surface area contributed by atoms with Gasteiger partial charge >= 0.3 is 12.2 Å². The second-order valence-electron chi connectivity index (χ2n) is 9.41. The fourth-order valence-corrected chi connectivity index (χ4v) is 4.74. The molecule has 1 atom stereocenters. The van der Waals surface area contributed by atoms with Crippen molar-refractivity contribution in [3.63, 3.8) is 0 Å². The molecule has 3 aromatic carbocycles. The number of benzene rings is 3. The number of aromatic hydroxyl groups is 1. The van der Waals surface area contributed by atoms with Crippen molar-refractivity contribution in [2.75, 3.05) is 0 Å². The van der Waals surface area contributed by atoms with Gasteiger partial charge in [-0.3, -0.25) is 4.79 Å². The lowest BCUT2D eigenvalue weighted by atomic mass is 10.1. The number of pyridine rings is 1. The third kappa shape index (κ3) is 6.23. The first-order valence-corrected chi connectivity index (χ1v) is 12.9. The molecule has 8 nitrogen and oxygen atoms in total. The maximum Gasteiger partial charge on any atom is 0.419 e. The molecule has 0 bridgehead atoms. The fraction of sp³-hybridized carbons (Fsp3) is 0.138. The lowest BCUT2D eigenvalue weighted by Gasteiger charge is -2.18. The number of aromatic nitrogens is 3. The summed E-state index contributed by atoms with van der Waals surface area (Å²) in [5, 5.41) is 15.9. The number of nitrogens with one attached hydrogen (secondary N) is 4. The number of carbonyl (C=O) groups is 1. The van der Waals surface area contributed by atoms with Gasteiger partial charge in [-0.2, -0.15) is 13.2 Å². The first-order valence-electron chi connectivity index (χ1n) is 12.5. The number of hydrogen-bond donors (Lipinski definition) is 5. The normalized spacial score (nSPS) is 12.3. The molecule has 0 aliphatic carbocycles. The number of H-pyrrole nitrogens is 2. The number of imidazole rings is 1. The Balaban J connectivity index is 1.40. The van der Waals surface area contributed by atoms with Gasteiger partial charge in [0.1, 0.15) is 28.2 Å². The van der Waals surface area contributed by atoms with E-state index < -0.39 is 41.7 Å². The number of alkyl halides is 3. The number of amides is 2. The summed E-state index contributed by atoms with van der Waals surface area (Å²) in [6.07, 6.45) is -4.62. The highest BCUT2D eigenvalue weighted by atomic mass is 35.5. The molecule has 5 aromatic rings. The van der Waals surface area contributed by atoms with Crippen LogP contribution in [0.1, 0.15) is 28.6 Å². The summed E-state index contributed by atoms with van der Waals surface area (Å²) >= 11 is 6.49. The standard InChI is InChI=1S/C29H22ClF4N5O3/c30-26-25(16-9-10-20-18(12-16)22(40)13-23(41)36-20)38-27(39-26)21(11-15-5-2-1-3-6-15)37-28(42)35-14-17-7-4-8-19(24(17)31)29(32,33)34/h1-10,12-13,21H,11,14H2,(H,38,39)(H2,35,37,42)(H2,36,40,41)/t21-/m0/s1. The van der Waals surface area contributed by atoms with Crippen molar-refractivity contribution in [3.05, 3.63) is 117 Å². The maximum absolute atomic E-state index is 14.4. The van der Waals surface area contributed by atoms with E-state index >= 15 is 0 Å². The van der Waals surface area contributed by atoms with Crippen LogP contribution in [-0.2, 0) is 19.1 Å². The van der Waals surface area contributed by atoms with Crippen LogP contribution in [0, 0.1) is 5.82 Å². The van der Waals surface area contributed by atoms with Crippen LogP contribution < -0.4 is 16.2 Å². The first-order chi connectivity index (χ1) is 20.0. The average Bonchev–Trinajstić information content (AvgIpc) is 3.33. The van der Waals surface area contributed by atoms with Crippen LogP contribution in [0.4, 0.5) is 22.4 Å². The molecule has 0 aliphatic heterocycles. The molecule has 216 valence electrons. The molecule has 2 heterocycles. The van der Waals surface area contributed by atoms with Crippen LogP contribution in [0.25, 0.3) is 22.2 Å². The smallest absolute Gasteiger partial charge is 0.419 e. The number of carbonyl (C=O) groups excluding carboxylic acids is 1. The molecular formula is C29H22ClF4N5O3. The number of nitrogens with zero attached hydrogens (tertiary/aromatic N) is 1. The molecule has 5 N–H and O–H groups in total. The van der Waals surface area contributed by atoms with Gasteiger partial charge < -0.3 is 25.7 Å². The highest BCUT2D eigenvalue weighted by molar-refractivity contribution is 6.32. The zero-order valence-electron chi connectivity index (χ0n) is 21.5. The number of hydrogen-bond acceptors (Lipinski definition) is 4. The molecule has 0 radical (unpaired) electrons. The molecule has 5 rings (SSSR count). The van der Waals surface area contributed by atoms with E-state index in [1.165, 1.54) is 0 Å². The Morgan fingerprint density at radius 3 is 2.52 bits per heavy atom. The Labute approximate surface area is 240 Å². The van der Waals surface area contributed by atoms with Crippen LogP contribution in [-0.4, -0.2) is 26.1 Å². The van der Waals surface area contributed by atoms with Gasteiger partial charge in [0.25, 0.3) is 5.56 Å². The lowest BCUT2D eigenvalue weighted by molar-refractivity contribution is -0.140. The molecule has 2 amide bonds. The quantitative estimate of drug-likeness (QED) is 0.143. The summed E-state index contributed by atoms with van der Waals surface area (Å²) in [6.45, 7) is -0.494. The minimum Gasteiger partial charge on any atom is -0.507 e. The van der Waals surface area contributed by atoms with E-state index in [1.807, 2.05) is 30.3 Å². The van der Waals surface area contributed by atoms with Crippen LogP contribution >= 0.6 is 11.6 Å². The van der Waals surface area contributed by atoms with E-state index in [0.29, 0.717) is 28.2 Å². The van der Waals surface area contributed by atoms with Crippen LogP contribution in [0.3, 0.4) is 0 Å². The molecule has 0 saturated heterocycles. The predicted octanol–water partition coefficient (Wildman–Crippen LogP) is 6.22. The number of rotatable bonds is 7. The zero-order valence-corrected chi connectivity index (χ0v) is 22.3. The van der Waals surface area contributed by atoms with Gasteiger partial charge in [0, 0.05) is 29.1 Å². The minimum atomic E-state index is -4.87. The van der Waals surface area contributed by atoms with Crippen molar-refractivity contribution >= 4 is 28.5 Å². The molecule has 0 saturated carbocycles. The van der Waals surface area contributed by atoms with E-state index in [9.17, 15) is 32.3 Å². The Hall–Kier alpha value is -4.84. The van der Waals surface area contributed by atoms with Crippen LogP contribution in [0.5, 0.6) is 5.75 Å². The van der Waals surface area contributed by atoms with E-state index in [2.05, 4.69) is 25.6 Å². The van der Waals surface area contributed by atoms with Gasteiger partial charge in [-0.15, -0.1) is 0 Å². The molecule has 0 spiro atoms. The van der Waals surface area contributed by atoms with Gasteiger partial charge in [0.15, 0.2) is 0 Å². The van der Waals surface area contributed by atoms with Crippen LogP contribution in [0.2, 0.25) is 5.15 Å². The Morgan fingerprint density at radius 2 is 1.79 bits per heavy atom. The zero-order chi connectivity index (χ0) is 30.0. The lowest BCUT2D eigenvalue weighted by Crippen LogP contribution is -2.39. The highest BCUT2D eigenvalue weighted by Gasteiger charge is 2.34. The van der Waals surface area contributed by atoms with Gasteiger partial charge in [0.2, 0.25) is 0 Å². The Morgan fingerprint density at radius 1 is 1.02 bits per heavy atom. The third-order valence-electron chi connectivity index (χ3n) is 6.51. The maximum atomic E-state index is 14.4. The van der Waals surface area contributed by atoms with Crippen LogP contribution in [0.15, 0.2) is 77.6 Å². The number of aromatic amines is 2. The molecule has 2 aromatic heterocycles. The van der Waals surface area contributed by atoms with E-state index in [4.69, 9.17) is 11.6 Å². The first kappa shape index (κ1) is 28.7. The summed E-state index contributed by atoms with van der Waals surface area (Å²) in [5.74, 6) is -1.41.